The molecule has 0 bridgehead atoms. The van der Waals surface area contributed by atoms with Gasteiger partial charge in [-0.1, -0.05) is 38.1 Å². The molecule has 0 radical (unpaired) electrons. The summed E-state index contributed by atoms with van der Waals surface area (Å²) in [6.45, 7) is 4.66. The van der Waals surface area contributed by atoms with Crippen molar-refractivity contribution >= 4 is 27.1 Å². The third-order valence-corrected chi connectivity index (χ3v) is 7.55. The van der Waals surface area contributed by atoms with Crippen LogP contribution in [-0.2, 0) is 16.4 Å². The van der Waals surface area contributed by atoms with E-state index in [0.717, 1.165) is 23.2 Å². The summed E-state index contributed by atoms with van der Waals surface area (Å²) in [7, 11) is -3.64. The molecule has 3 aromatic carbocycles. The summed E-state index contributed by atoms with van der Waals surface area (Å²) >= 11 is 0. The van der Waals surface area contributed by atoms with E-state index in [9.17, 15) is 13.5 Å². The van der Waals surface area contributed by atoms with Crippen LogP contribution in [0.3, 0.4) is 0 Å². The predicted molar refractivity (Wildman–Crippen MR) is 122 cm³/mol. The van der Waals surface area contributed by atoms with E-state index in [1.807, 2.05) is 36.4 Å². The first-order valence-corrected chi connectivity index (χ1v) is 11.8. The van der Waals surface area contributed by atoms with Crippen molar-refractivity contribution in [2.45, 2.75) is 37.5 Å². The minimum absolute atomic E-state index is 0.0581. The van der Waals surface area contributed by atoms with Crippen LogP contribution in [0, 0.1) is 0 Å². The second-order valence-corrected chi connectivity index (χ2v) is 9.57. The standard InChI is InChI=1S/C24H25N3O3S/c1-3-17(2)19-8-13-24(28)22(16-19)26-25-20-9-11-21(12-10-20)31(29,30)27-15-14-18-6-4-5-7-23(18)27/h4-13,16-17,28H,3,14-15H2,1-2H3. The van der Waals surface area contributed by atoms with Crippen molar-refractivity contribution in [3.05, 3.63) is 77.9 Å². The van der Waals surface area contributed by atoms with Gasteiger partial charge >= 0.3 is 0 Å². The maximum atomic E-state index is 13.1. The lowest BCUT2D eigenvalue weighted by atomic mass is 9.98. The first-order valence-electron chi connectivity index (χ1n) is 10.4. The van der Waals surface area contributed by atoms with Crippen molar-refractivity contribution in [2.24, 2.45) is 10.2 Å². The van der Waals surface area contributed by atoms with Crippen LogP contribution in [-0.4, -0.2) is 20.1 Å². The zero-order valence-corrected chi connectivity index (χ0v) is 18.4. The highest BCUT2D eigenvalue weighted by atomic mass is 32.2. The quantitative estimate of drug-likeness (QED) is 0.477. The number of phenolic OH excluding ortho intramolecular Hbond substituents is 1. The fourth-order valence-electron chi connectivity index (χ4n) is 3.64. The van der Waals surface area contributed by atoms with Gasteiger partial charge in [-0.05, 0) is 72.4 Å². The molecule has 0 amide bonds. The van der Waals surface area contributed by atoms with Crippen LogP contribution < -0.4 is 4.31 Å². The lowest BCUT2D eigenvalue weighted by molar-refractivity contribution is 0.476. The van der Waals surface area contributed by atoms with Crippen molar-refractivity contribution in [3.8, 4) is 5.75 Å². The van der Waals surface area contributed by atoms with Crippen LogP contribution >= 0.6 is 0 Å². The SMILES string of the molecule is CCC(C)c1ccc(O)c(N=Nc2ccc(S(=O)(=O)N3CCc4ccccc43)cc2)c1. The molecular weight excluding hydrogens is 410 g/mol. The van der Waals surface area contributed by atoms with E-state index in [2.05, 4.69) is 24.1 Å². The van der Waals surface area contributed by atoms with Crippen LogP contribution in [0.15, 0.2) is 81.9 Å². The zero-order chi connectivity index (χ0) is 22.0. The highest BCUT2D eigenvalue weighted by Gasteiger charge is 2.30. The molecule has 1 unspecified atom stereocenters. The Kier molecular flexibility index (Phi) is 5.78. The van der Waals surface area contributed by atoms with E-state index < -0.39 is 10.0 Å². The third-order valence-electron chi connectivity index (χ3n) is 5.72. The molecule has 1 N–H and O–H groups in total. The molecule has 4 rings (SSSR count). The predicted octanol–water partition coefficient (Wildman–Crippen LogP) is 6.07. The van der Waals surface area contributed by atoms with Crippen molar-refractivity contribution in [2.75, 3.05) is 10.8 Å². The van der Waals surface area contributed by atoms with Gasteiger partial charge in [0.15, 0.2) is 0 Å². The van der Waals surface area contributed by atoms with E-state index in [-0.39, 0.29) is 10.6 Å². The first-order chi connectivity index (χ1) is 14.9. The molecule has 0 aromatic heterocycles. The average molecular weight is 436 g/mol. The fourth-order valence-corrected chi connectivity index (χ4v) is 5.15. The molecular formula is C24H25N3O3S. The smallest absolute Gasteiger partial charge is 0.264 e. The normalized spacial score (nSPS) is 14.7. The number of rotatable bonds is 6. The molecule has 0 aliphatic carbocycles. The Balaban J connectivity index is 1.55. The van der Waals surface area contributed by atoms with Crippen LogP contribution in [0.1, 0.15) is 37.3 Å². The Morgan fingerprint density at radius 3 is 2.52 bits per heavy atom. The average Bonchev–Trinajstić information content (AvgIpc) is 3.23. The molecule has 160 valence electrons. The monoisotopic (exact) mass is 435 g/mol. The summed E-state index contributed by atoms with van der Waals surface area (Å²) in [6, 6.07) is 19.2. The molecule has 0 saturated carbocycles. The number of nitrogens with zero attached hydrogens (tertiary/aromatic N) is 3. The Bertz CT molecular complexity index is 1220. The number of hydrogen-bond donors (Lipinski definition) is 1. The molecule has 0 saturated heterocycles. The van der Waals surface area contributed by atoms with Gasteiger partial charge in [0.05, 0.1) is 16.3 Å². The van der Waals surface area contributed by atoms with Crippen molar-refractivity contribution in [3.63, 3.8) is 0 Å². The van der Waals surface area contributed by atoms with Gasteiger partial charge in [0, 0.05) is 6.54 Å². The van der Waals surface area contributed by atoms with Gasteiger partial charge in [0.2, 0.25) is 0 Å². The number of phenols is 1. The van der Waals surface area contributed by atoms with Crippen molar-refractivity contribution < 1.29 is 13.5 Å². The lowest BCUT2D eigenvalue weighted by Crippen LogP contribution is -2.29. The highest BCUT2D eigenvalue weighted by molar-refractivity contribution is 7.92. The number of anilines is 1. The van der Waals surface area contributed by atoms with Crippen LogP contribution in [0.5, 0.6) is 5.75 Å². The van der Waals surface area contributed by atoms with Crippen LogP contribution in [0.4, 0.5) is 17.1 Å². The van der Waals surface area contributed by atoms with E-state index in [0.29, 0.717) is 30.3 Å². The number of aromatic hydroxyl groups is 1. The summed E-state index contributed by atoms with van der Waals surface area (Å²) in [5.41, 5.74) is 3.76. The van der Waals surface area contributed by atoms with Crippen molar-refractivity contribution in [1.29, 1.82) is 0 Å². The van der Waals surface area contributed by atoms with Gasteiger partial charge in [0.1, 0.15) is 11.4 Å². The number of azo groups is 1. The number of hydrogen-bond acceptors (Lipinski definition) is 5. The minimum Gasteiger partial charge on any atom is -0.506 e. The molecule has 1 aliphatic rings. The van der Waals surface area contributed by atoms with Gasteiger partial charge in [-0.25, -0.2) is 8.42 Å². The lowest BCUT2D eigenvalue weighted by Gasteiger charge is -2.19. The fraction of sp³-hybridized carbons (Fsp3) is 0.250. The number of sulfonamides is 1. The summed E-state index contributed by atoms with van der Waals surface area (Å²) in [5, 5.41) is 18.4. The number of para-hydroxylation sites is 1. The molecule has 1 heterocycles. The Labute approximate surface area is 182 Å². The second-order valence-electron chi connectivity index (χ2n) is 7.71. The summed E-state index contributed by atoms with van der Waals surface area (Å²) in [5.74, 6) is 0.414. The van der Waals surface area contributed by atoms with E-state index in [1.165, 1.54) is 4.31 Å². The Morgan fingerprint density at radius 2 is 1.77 bits per heavy atom. The van der Waals surface area contributed by atoms with E-state index in [4.69, 9.17) is 0 Å². The maximum Gasteiger partial charge on any atom is 0.264 e. The summed E-state index contributed by atoms with van der Waals surface area (Å²) in [6.07, 6.45) is 1.69. The summed E-state index contributed by atoms with van der Waals surface area (Å²) < 4.78 is 27.7. The van der Waals surface area contributed by atoms with Gasteiger partial charge in [-0.3, -0.25) is 4.31 Å². The maximum absolute atomic E-state index is 13.1. The highest BCUT2D eigenvalue weighted by Crippen LogP contribution is 2.34. The molecule has 31 heavy (non-hydrogen) atoms. The third kappa shape index (κ3) is 4.18. The Hall–Kier alpha value is -3.19. The van der Waals surface area contributed by atoms with Crippen molar-refractivity contribution in [1.82, 2.24) is 0 Å². The molecule has 0 fully saturated rings. The van der Waals surface area contributed by atoms with Crippen LogP contribution in [0.25, 0.3) is 0 Å². The van der Waals surface area contributed by atoms with Gasteiger partial charge < -0.3 is 5.11 Å². The first kappa shape index (κ1) is 21.1. The minimum atomic E-state index is -3.64. The van der Waals surface area contributed by atoms with Crippen LogP contribution in [0.2, 0.25) is 0 Å². The van der Waals surface area contributed by atoms with E-state index in [1.54, 1.807) is 30.3 Å². The molecule has 7 heteroatoms. The van der Waals surface area contributed by atoms with Gasteiger partial charge in [-0.2, -0.15) is 5.11 Å². The molecule has 0 spiro atoms. The topological polar surface area (TPSA) is 82.3 Å². The number of benzene rings is 3. The molecule has 6 nitrogen and oxygen atoms in total. The van der Waals surface area contributed by atoms with Gasteiger partial charge in [-0.15, -0.1) is 5.11 Å². The zero-order valence-electron chi connectivity index (χ0n) is 17.6. The van der Waals surface area contributed by atoms with E-state index >= 15 is 0 Å². The molecule has 3 aromatic rings. The molecule has 1 atom stereocenters. The summed E-state index contributed by atoms with van der Waals surface area (Å²) in [4.78, 5) is 0.213. The number of fused-ring (bicyclic) bond motifs is 1. The second kappa shape index (κ2) is 8.51. The largest absolute Gasteiger partial charge is 0.506 e. The molecule has 1 aliphatic heterocycles. The van der Waals surface area contributed by atoms with Gasteiger partial charge in [0.25, 0.3) is 10.0 Å². The Morgan fingerprint density at radius 1 is 1.03 bits per heavy atom.